The number of carbonyl (C=O) groups excluding carboxylic acids is 1. The lowest BCUT2D eigenvalue weighted by Crippen LogP contribution is -2.35. The van der Waals surface area contributed by atoms with Crippen LogP contribution in [0.15, 0.2) is 28.8 Å². The SMILES string of the molecule is CCC(=O)N(Cc1cc(-c2ccc(OC)cc2OC)on1)C(C)C. The Labute approximate surface area is 142 Å². The molecule has 1 aromatic heterocycles. The van der Waals surface area contributed by atoms with E-state index < -0.39 is 0 Å². The van der Waals surface area contributed by atoms with E-state index in [-0.39, 0.29) is 11.9 Å². The van der Waals surface area contributed by atoms with E-state index in [1.165, 1.54) is 0 Å². The van der Waals surface area contributed by atoms with Crippen LogP contribution in [-0.2, 0) is 11.3 Å². The maximum atomic E-state index is 12.0. The molecule has 24 heavy (non-hydrogen) atoms. The van der Waals surface area contributed by atoms with Crippen LogP contribution in [-0.4, -0.2) is 36.2 Å². The van der Waals surface area contributed by atoms with Gasteiger partial charge in [0, 0.05) is 24.6 Å². The van der Waals surface area contributed by atoms with Gasteiger partial charge in [-0.2, -0.15) is 0 Å². The normalized spacial score (nSPS) is 10.8. The Morgan fingerprint density at radius 2 is 2.00 bits per heavy atom. The van der Waals surface area contributed by atoms with Crippen LogP contribution in [0.2, 0.25) is 0 Å². The van der Waals surface area contributed by atoms with Gasteiger partial charge in [0.2, 0.25) is 5.91 Å². The van der Waals surface area contributed by atoms with Crippen molar-refractivity contribution in [3.05, 3.63) is 30.0 Å². The molecule has 0 saturated carbocycles. The van der Waals surface area contributed by atoms with E-state index in [4.69, 9.17) is 14.0 Å². The monoisotopic (exact) mass is 332 g/mol. The van der Waals surface area contributed by atoms with Crippen molar-refractivity contribution in [3.8, 4) is 22.8 Å². The van der Waals surface area contributed by atoms with Gasteiger partial charge in [-0.25, -0.2) is 0 Å². The lowest BCUT2D eigenvalue weighted by atomic mass is 10.1. The van der Waals surface area contributed by atoms with Crippen LogP contribution in [0.5, 0.6) is 11.5 Å². The van der Waals surface area contributed by atoms with Crippen LogP contribution in [0, 0.1) is 0 Å². The molecule has 0 aliphatic rings. The fraction of sp³-hybridized carbons (Fsp3) is 0.444. The number of rotatable bonds is 7. The number of hydrogen-bond acceptors (Lipinski definition) is 5. The molecule has 0 aliphatic carbocycles. The van der Waals surface area contributed by atoms with E-state index in [1.54, 1.807) is 25.2 Å². The Bertz CT molecular complexity index is 694. The molecule has 1 aromatic carbocycles. The molecule has 130 valence electrons. The van der Waals surface area contributed by atoms with Crippen LogP contribution in [0.3, 0.4) is 0 Å². The summed E-state index contributed by atoms with van der Waals surface area (Å²) in [6, 6.07) is 7.43. The summed E-state index contributed by atoms with van der Waals surface area (Å²) in [5.74, 6) is 2.03. The Hall–Kier alpha value is -2.50. The zero-order valence-corrected chi connectivity index (χ0v) is 14.8. The minimum atomic E-state index is 0.0941. The van der Waals surface area contributed by atoms with Gasteiger partial charge in [0.1, 0.15) is 17.2 Å². The summed E-state index contributed by atoms with van der Waals surface area (Å²) in [6.07, 6.45) is 0.467. The van der Waals surface area contributed by atoms with Crippen molar-refractivity contribution in [2.75, 3.05) is 14.2 Å². The number of benzene rings is 1. The summed E-state index contributed by atoms with van der Waals surface area (Å²) in [4.78, 5) is 13.8. The predicted octanol–water partition coefficient (Wildman–Crippen LogP) is 3.51. The Morgan fingerprint density at radius 1 is 1.25 bits per heavy atom. The summed E-state index contributed by atoms with van der Waals surface area (Å²) in [6.45, 7) is 6.25. The summed E-state index contributed by atoms with van der Waals surface area (Å²) in [5.41, 5.74) is 1.49. The van der Waals surface area contributed by atoms with Gasteiger partial charge in [-0.15, -0.1) is 0 Å². The quantitative estimate of drug-likeness (QED) is 0.776. The molecule has 1 amide bonds. The number of aromatic nitrogens is 1. The molecule has 2 aromatic rings. The molecule has 0 atom stereocenters. The highest BCUT2D eigenvalue weighted by molar-refractivity contribution is 5.76. The van der Waals surface area contributed by atoms with Crippen LogP contribution >= 0.6 is 0 Å². The van der Waals surface area contributed by atoms with Gasteiger partial charge in [-0.05, 0) is 26.0 Å². The van der Waals surface area contributed by atoms with Crippen molar-refractivity contribution < 1.29 is 18.8 Å². The van der Waals surface area contributed by atoms with Crippen molar-refractivity contribution in [1.82, 2.24) is 10.1 Å². The number of hydrogen-bond donors (Lipinski definition) is 0. The fourth-order valence-electron chi connectivity index (χ4n) is 2.45. The van der Waals surface area contributed by atoms with E-state index in [1.807, 2.05) is 39.0 Å². The zero-order chi connectivity index (χ0) is 17.7. The Balaban J connectivity index is 2.26. The average Bonchev–Trinajstić information content (AvgIpc) is 3.06. The molecule has 0 saturated heterocycles. The minimum Gasteiger partial charge on any atom is -0.497 e. The van der Waals surface area contributed by atoms with Gasteiger partial charge < -0.3 is 18.9 Å². The second kappa shape index (κ2) is 7.86. The fourth-order valence-corrected chi connectivity index (χ4v) is 2.45. The summed E-state index contributed by atoms with van der Waals surface area (Å²) >= 11 is 0. The first-order valence-corrected chi connectivity index (χ1v) is 7.97. The summed E-state index contributed by atoms with van der Waals surface area (Å²) in [7, 11) is 3.20. The highest BCUT2D eigenvalue weighted by Crippen LogP contribution is 2.33. The average molecular weight is 332 g/mol. The minimum absolute atomic E-state index is 0.0941. The smallest absolute Gasteiger partial charge is 0.222 e. The zero-order valence-electron chi connectivity index (χ0n) is 14.8. The third-order valence-electron chi connectivity index (χ3n) is 3.81. The maximum absolute atomic E-state index is 12.0. The lowest BCUT2D eigenvalue weighted by Gasteiger charge is -2.25. The summed E-state index contributed by atoms with van der Waals surface area (Å²) < 4.78 is 16.0. The van der Waals surface area contributed by atoms with Crippen molar-refractivity contribution in [3.63, 3.8) is 0 Å². The number of amides is 1. The predicted molar refractivity (Wildman–Crippen MR) is 91.0 cm³/mol. The van der Waals surface area contributed by atoms with E-state index in [2.05, 4.69) is 5.16 Å². The number of carbonyl (C=O) groups is 1. The van der Waals surface area contributed by atoms with Gasteiger partial charge in [0.05, 0.1) is 26.3 Å². The number of nitrogens with zero attached hydrogens (tertiary/aromatic N) is 2. The maximum Gasteiger partial charge on any atom is 0.222 e. The largest absolute Gasteiger partial charge is 0.497 e. The van der Waals surface area contributed by atoms with Gasteiger partial charge in [-0.1, -0.05) is 12.1 Å². The van der Waals surface area contributed by atoms with E-state index in [0.717, 1.165) is 5.56 Å². The van der Waals surface area contributed by atoms with Crippen LogP contribution in [0.25, 0.3) is 11.3 Å². The third kappa shape index (κ3) is 3.88. The van der Waals surface area contributed by atoms with Crippen LogP contribution < -0.4 is 9.47 Å². The molecule has 0 aliphatic heterocycles. The Kier molecular flexibility index (Phi) is 5.84. The molecule has 2 rings (SSSR count). The van der Waals surface area contributed by atoms with E-state index >= 15 is 0 Å². The molecule has 1 heterocycles. The van der Waals surface area contributed by atoms with Gasteiger partial charge in [0.25, 0.3) is 0 Å². The molecule has 0 bridgehead atoms. The van der Waals surface area contributed by atoms with E-state index in [0.29, 0.717) is 35.9 Å². The van der Waals surface area contributed by atoms with Gasteiger partial charge in [0.15, 0.2) is 5.76 Å². The van der Waals surface area contributed by atoms with Crippen molar-refractivity contribution in [2.24, 2.45) is 0 Å². The van der Waals surface area contributed by atoms with Crippen LogP contribution in [0.1, 0.15) is 32.9 Å². The molecule has 0 fully saturated rings. The first-order chi connectivity index (χ1) is 11.5. The molecule has 0 spiro atoms. The molecule has 6 heteroatoms. The first kappa shape index (κ1) is 17.8. The molecule has 0 unspecified atom stereocenters. The second-order valence-electron chi connectivity index (χ2n) is 5.72. The molecular formula is C18H24N2O4. The molecule has 6 nitrogen and oxygen atoms in total. The lowest BCUT2D eigenvalue weighted by molar-refractivity contribution is -0.133. The van der Waals surface area contributed by atoms with Crippen molar-refractivity contribution in [1.29, 1.82) is 0 Å². The topological polar surface area (TPSA) is 64.8 Å². The summed E-state index contributed by atoms with van der Waals surface area (Å²) in [5, 5.41) is 4.09. The van der Waals surface area contributed by atoms with E-state index in [9.17, 15) is 4.79 Å². The molecule has 0 radical (unpaired) electrons. The van der Waals surface area contributed by atoms with Gasteiger partial charge >= 0.3 is 0 Å². The first-order valence-electron chi connectivity index (χ1n) is 7.97. The standard InChI is InChI=1S/C18H24N2O4/c1-6-18(21)20(12(2)3)11-13-9-17(24-19-13)15-8-7-14(22-4)10-16(15)23-5/h7-10,12H,6,11H2,1-5H3. The van der Waals surface area contributed by atoms with Crippen molar-refractivity contribution in [2.45, 2.75) is 39.8 Å². The highest BCUT2D eigenvalue weighted by Gasteiger charge is 2.19. The molecule has 0 N–H and O–H groups in total. The highest BCUT2D eigenvalue weighted by atomic mass is 16.5. The molecular weight excluding hydrogens is 308 g/mol. The number of methoxy groups -OCH3 is 2. The van der Waals surface area contributed by atoms with Crippen molar-refractivity contribution >= 4 is 5.91 Å². The Morgan fingerprint density at radius 3 is 2.58 bits per heavy atom. The number of ether oxygens (including phenoxy) is 2. The third-order valence-corrected chi connectivity index (χ3v) is 3.81. The van der Waals surface area contributed by atoms with Crippen LogP contribution in [0.4, 0.5) is 0 Å². The van der Waals surface area contributed by atoms with Gasteiger partial charge in [-0.3, -0.25) is 4.79 Å². The second-order valence-corrected chi connectivity index (χ2v) is 5.72.